The maximum absolute atomic E-state index is 13.1. The fourth-order valence-corrected chi connectivity index (χ4v) is 3.86. The molecule has 162 valence electrons. The van der Waals surface area contributed by atoms with E-state index in [1.807, 2.05) is 60.4 Å². The van der Waals surface area contributed by atoms with Crippen molar-refractivity contribution >= 4 is 5.91 Å². The summed E-state index contributed by atoms with van der Waals surface area (Å²) in [6, 6.07) is 15.1. The predicted molar refractivity (Wildman–Crippen MR) is 116 cm³/mol. The number of hydrogen-bond donors (Lipinski definition) is 0. The fraction of sp³-hybridized carbons (Fsp3) is 0.375. The molecule has 1 aliphatic heterocycles. The highest BCUT2D eigenvalue weighted by Gasteiger charge is 2.31. The van der Waals surface area contributed by atoms with Crippen LogP contribution in [0.25, 0.3) is 11.5 Å². The number of nitrogens with zero attached hydrogens (tertiary/aromatic N) is 3. The van der Waals surface area contributed by atoms with Crippen LogP contribution in [0.15, 0.2) is 53.1 Å². The molecule has 3 aromatic rings. The maximum Gasteiger partial charge on any atom is 0.261 e. The molecular formula is C24H27N3O4. The van der Waals surface area contributed by atoms with Crippen LogP contribution in [0.2, 0.25) is 0 Å². The minimum Gasteiger partial charge on any atom is -0.493 e. The smallest absolute Gasteiger partial charge is 0.261 e. The second-order valence-corrected chi connectivity index (χ2v) is 7.72. The van der Waals surface area contributed by atoms with E-state index in [2.05, 4.69) is 10.1 Å². The first-order chi connectivity index (χ1) is 15.2. The van der Waals surface area contributed by atoms with E-state index >= 15 is 0 Å². The lowest BCUT2D eigenvalue weighted by Gasteiger charge is -2.27. The number of hydrogen-bond acceptors (Lipinski definition) is 6. The lowest BCUT2D eigenvalue weighted by molar-refractivity contribution is -0.136. The fourth-order valence-electron chi connectivity index (χ4n) is 3.86. The molecule has 1 aromatic heterocycles. The standard InChI is InChI=1S/C24H27N3O4/c1-17-12-13-20(21(15-17)29-2)30-16-22(28)27-14-8-4-7-11-19(27)23-25-24(31-26-23)18-9-5-3-6-10-18/h3,5-6,9-10,12-13,15,19H,4,7-8,11,14,16H2,1-2H3/t19-/m1/s1. The maximum atomic E-state index is 13.1. The van der Waals surface area contributed by atoms with Gasteiger partial charge in [0.25, 0.3) is 11.8 Å². The molecule has 2 heterocycles. The molecule has 0 radical (unpaired) electrons. The van der Waals surface area contributed by atoms with Crippen LogP contribution in [0.5, 0.6) is 11.5 Å². The Morgan fingerprint density at radius 1 is 1.13 bits per heavy atom. The first-order valence-corrected chi connectivity index (χ1v) is 10.6. The summed E-state index contributed by atoms with van der Waals surface area (Å²) < 4.78 is 16.7. The Kier molecular flexibility index (Phi) is 6.50. The van der Waals surface area contributed by atoms with Gasteiger partial charge in [0.1, 0.15) is 0 Å². The predicted octanol–water partition coefficient (Wildman–Crippen LogP) is 4.58. The summed E-state index contributed by atoms with van der Waals surface area (Å²) in [6.45, 7) is 2.56. The van der Waals surface area contributed by atoms with Crippen molar-refractivity contribution in [1.29, 1.82) is 0 Å². The van der Waals surface area contributed by atoms with Gasteiger partial charge in [-0.15, -0.1) is 0 Å². The Balaban J connectivity index is 1.50. The minimum atomic E-state index is -0.222. The number of aromatic nitrogens is 2. The van der Waals surface area contributed by atoms with Crippen molar-refractivity contribution in [1.82, 2.24) is 15.0 Å². The number of methoxy groups -OCH3 is 1. The molecule has 7 heteroatoms. The Morgan fingerprint density at radius 2 is 1.97 bits per heavy atom. The summed E-state index contributed by atoms with van der Waals surface area (Å²) in [7, 11) is 1.59. The van der Waals surface area contributed by atoms with Gasteiger partial charge in [-0.05, 0) is 49.6 Å². The van der Waals surface area contributed by atoms with Gasteiger partial charge >= 0.3 is 0 Å². The molecule has 4 rings (SSSR count). The zero-order valence-corrected chi connectivity index (χ0v) is 17.9. The number of carbonyl (C=O) groups is 1. The lowest BCUT2D eigenvalue weighted by atomic mass is 10.1. The summed E-state index contributed by atoms with van der Waals surface area (Å²) in [5.74, 6) is 2.08. The van der Waals surface area contributed by atoms with Gasteiger partial charge in [0.15, 0.2) is 23.9 Å². The van der Waals surface area contributed by atoms with Crippen LogP contribution >= 0.6 is 0 Å². The van der Waals surface area contributed by atoms with Crippen LogP contribution in [0.1, 0.15) is 43.1 Å². The highest BCUT2D eigenvalue weighted by atomic mass is 16.5. The van der Waals surface area contributed by atoms with Gasteiger partial charge in [0, 0.05) is 12.1 Å². The van der Waals surface area contributed by atoms with Crippen molar-refractivity contribution < 1.29 is 18.8 Å². The zero-order chi connectivity index (χ0) is 21.6. The molecule has 0 spiro atoms. The second-order valence-electron chi connectivity index (χ2n) is 7.72. The summed E-state index contributed by atoms with van der Waals surface area (Å²) in [6.07, 6.45) is 3.82. The van der Waals surface area contributed by atoms with Gasteiger partial charge in [-0.3, -0.25) is 4.79 Å². The minimum absolute atomic E-state index is 0.0701. The summed E-state index contributed by atoms with van der Waals surface area (Å²) in [5, 5.41) is 4.21. The van der Waals surface area contributed by atoms with E-state index < -0.39 is 0 Å². The molecule has 0 N–H and O–H groups in total. The van der Waals surface area contributed by atoms with Crippen molar-refractivity contribution in [2.45, 2.75) is 38.6 Å². The van der Waals surface area contributed by atoms with E-state index in [1.54, 1.807) is 7.11 Å². The van der Waals surface area contributed by atoms with E-state index in [4.69, 9.17) is 14.0 Å². The van der Waals surface area contributed by atoms with Crippen LogP contribution in [-0.2, 0) is 4.79 Å². The average molecular weight is 421 g/mol. The Labute approximate surface area is 182 Å². The number of rotatable bonds is 6. The molecule has 1 atom stereocenters. The Morgan fingerprint density at radius 3 is 2.77 bits per heavy atom. The van der Waals surface area contributed by atoms with Gasteiger partial charge in [-0.25, -0.2) is 0 Å². The van der Waals surface area contributed by atoms with Crippen molar-refractivity contribution in [2.24, 2.45) is 0 Å². The third-order valence-corrected chi connectivity index (χ3v) is 5.50. The van der Waals surface area contributed by atoms with Crippen LogP contribution in [0, 0.1) is 6.92 Å². The molecule has 7 nitrogen and oxygen atoms in total. The molecule has 0 bridgehead atoms. The molecule has 1 aliphatic rings. The summed E-state index contributed by atoms with van der Waals surface area (Å²) in [5.41, 5.74) is 1.93. The summed E-state index contributed by atoms with van der Waals surface area (Å²) >= 11 is 0. The van der Waals surface area contributed by atoms with Gasteiger partial charge < -0.3 is 18.9 Å². The quantitative estimate of drug-likeness (QED) is 0.580. The molecule has 1 amide bonds. The normalized spacial score (nSPS) is 16.6. The average Bonchev–Trinajstić information content (AvgIpc) is 3.16. The largest absolute Gasteiger partial charge is 0.493 e. The van der Waals surface area contributed by atoms with Crippen LogP contribution in [0.4, 0.5) is 0 Å². The lowest BCUT2D eigenvalue weighted by Crippen LogP contribution is -2.38. The number of carbonyl (C=O) groups excluding carboxylic acids is 1. The first-order valence-electron chi connectivity index (χ1n) is 10.6. The van der Waals surface area contributed by atoms with E-state index in [-0.39, 0.29) is 18.6 Å². The highest BCUT2D eigenvalue weighted by molar-refractivity contribution is 5.78. The van der Waals surface area contributed by atoms with Gasteiger partial charge in [-0.2, -0.15) is 4.98 Å². The van der Waals surface area contributed by atoms with Crippen molar-refractivity contribution in [3.63, 3.8) is 0 Å². The molecule has 0 unspecified atom stereocenters. The zero-order valence-electron chi connectivity index (χ0n) is 17.9. The van der Waals surface area contributed by atoms with Crippen molar-refractivity contribution in [2.75, 3.05) is 20.3 Å². The van der Waals surface area contributed by atoms with E-state index in [0.29, 0.717) is 29.8 Å². The molecule has 1 saturated heterocycles. The van der Waals surface area contributed by atoms with Crippen molar-refractivity contribution in [3.8, 4) is 23.0 Å². The molecule has 0 saturated carbocycles. The first kappa shape index (κ1) is 20.9. The molecule has 31 heavy (non-hydrogen) atoms. The second kappa shape index (κ2) is 9.64. The Hall–Kier alpha value is -3.35. The van der Waals surface area contributed by atoms with E-state index in [0.717, 1.165) is 36.8 Å². The number of ether oxygens (including phenoxy) is 2. The topological polar surface area (TPSA) is 77.7 Å². The Bertz CT molecular complexity index is 1020. The molecule has 2 aromatic carbocycles. The van der Waals surface area contributed by atoms with Crippen LogP contribution in [0.3, 0.4) is 0 Å². The third-order valence-electron chi connectivity index (χ3n) is 5.50. The number of benzene rings is 2. The number of likely N-dealkylation sites (tertiary alicyclic amines) is 1. The van der Waals surface area contributed by atoms with Crippen molar-refractivity contribution in [3.05, 3.63) is 59.9 Å². The van der Waals surface area contributed by atoms with Gasteiger partial charge in [0.05, 0.1) is 13.2 Å². The molecular weight excluding hydrogens is 394 g/mol. The number of amides is 1. The van der Waals surface area contributed by atoms with E-state index in [1.165, 1.54) is 0 Å². The molecule has 1 fully saturated rings. The van der Waals surface area contributed by atoms with E-state index in [9.17, 15) is 4.79 Å². The SMILES string of the molecule is COc1cc(C)ccc1OCC(=O)N1CCCCC[C@@H]1c1noc(-c2ccccc2)n1. The van der Waals surface area contributed by atoms with Gasteiger partial charge in [0.2, 0.25) is 0 Å². The van der Waals surface area contributed by atoms with Crippen LogP contribution in [-0.4, -0.2) is 41.2 Å². The summed E-state index contributed by atoms with van der Waals surface area (Å²) in [4.78, 5) is 19.6. The number of aryl methyl sites for hydroxylation is 1. The third kappa shape index (κ3) is 4.87. The highest BCUT2D eigenvalue weighted by Crippen LogP contribution is 2.31. The monoisotopic (exact) mass is 421 g/mol. The molecule has 0 aliphatic carbocycles. The van der Waals surface area contributed by atoms with Gasteiger partial charge in [-0.1, -0.05) is 42.3 Å². The van der Waals surface area contributed by atoms with Crippen LogP contribution < -0.4 is 9.47 Å².